The summed E-state index contributed by atoms with van der Waals surface area (Å²) in [5.41, 5.74) is 6.34. The molecule has 100 valence electrons. The highest BCUT2D eigenvalue weighted by Gasteiger charge is 2.06. The van der Waals surface area contributed by atoms with Crippen LogP contribution in [0.25, 0.3) is 0 Å². The van der Waals surface area contributed by atoms with Crippen LogP contribution in [0.2, 0.25) is 5.02 Å². The van der Waals surface area contributed by atoms with Gasteiger partial charge in [0.1, 0.15) is 5.75 Å². The third-order valence-corrected chi connectivity index (χ3v) is 2.46. The molecule has 0 aliphatic carbocycles. The van der Waals surface area contributed by atoms with Gasteiger partial charge in [0.15, 0.2) is 6.61 Å². The average molecular weight is 273 g/mol. The molecular formula is C12H17ClN2O3. The normalized spacial score (nSPS) is 10.2. The van der Waals surface area contributed by atoms with E-state index in [4.69, 9.17) is 26.8 Å². The molecule has 0 fully saturated rings. The molecule has 6 heteroatoms. The maximum absolute atomic E-state index is 11.4. The van der Waals surface area contributed by atoms with Crippen LogP contribution in [0.5, 0.6) is 5.75 Å². The summed E-state index contributed by atoms with van der Waals surface area (Å²) in [6.07, 6.45) is 0. The maximum atomic E-state index is 11.4. The zero-order valence-electron chi connectivity index (χ0n) is 10.2. The molecule has 3 N–H and O–H groups in total. The molecule has 0 aromatic heterocycles. The van der Waals surface area contributed by atoms with Gasteiger partial charge < -0.3 is 20.5 Å². The zero-order chi connectivity index (χ0) is 13.4. The molecule has 1 aromatic carbocycles. The first-order valence-corrected chi connectivity index (χ1v) is 5.92. The molecule has 0 heterocycles. The van der Waals surface area contributed by atoms with Crippen molar-refractivity contribution in [3.8, 4) is 5.75 Å². The molecule has 0 radical (unpaired) electrons. The summed E-state index contributed by atoms with van der Waals surface area (Å²) in [5, 5.41) is 3.25. The lowest BCUT2D eigenvalue weighted by Crippen LogP contribution is -2.31. The Kier molecular flexibility index (Phi) is 6.49. The fourth-order valence-electron chi connectivity index (χ4n) is 1.34. The molecule has 0 atom stereocenters. The van der Waals surface area contributed by atoms with Crippen LogP contribution in [-0.2, 0) is 16.1 Å². The number of methoxy groups -OCH3 is 1. The Labute approximate surface area is 111 Å². The maximum Gasteiger partial charge on any atom is 0.258 e. The molecule has 0 saturated carbocycles. The second-order valence-corrected chi connectivity index (χ2v) is 4.02. The largest absolute Gasteiger partial charge is 0.483 e. The number of ether oxygens (including phenoxy) is 2. The van der Waals surface area contributed by atoms with Gasteiger partial charge in [0, 0.05) is 30.8 Å². The van der Waals surface area contributed by atoms with Gasteiger partial charge in [-0.05, 0) is 18.2 Å². The fourth-order valence-corrected chi connectivity index (χ4v) is 1.53. The van der Waals surface area contributed by atoms with Crippen molar-refractivity contribution in [2.45, 2.75) is 6.54 Å². The Bertz CT molecular complexity index is 399. The summed E-state index contributed by atoms with van der Waals surface area (Å²) in [6, 6.07) is 5.12. The van der Waals surface area contributed by atoms with Crippen molar-refractivity contribution in [2.75, 3.05) is 26.9 Å². The Morgan fingerprint density at radius 2 is 2.28 bits per heavy atom. The van der Waals surface area contributed by atoms with Crippen LogP contribution >= 0.6 is 11.6 Å². The lowest BCUT2D eigenvalue weighted by molar-refractivity contribution is -0.123. The van der Waals surface area contributed by atoms with Crippen LogP contribution in [-0.4, -0.2) is 32.8 Å². The minimum absolute atomic E-state index is 0.0572. The van der Waals surface area contributed by atoms with Gasteiger partial charge in [0.25, 0.3) is 5.91 Å². The van der Waals surface area contributed by atoms with Crippen LogP contribution in [0, 0.1) is 0 Å². The summed E-state index contributed by atoms with van der Waals surface area (Å²) in [5.74, 6) is 0.369. The number of hydrogen-bond acceptors (Lipinski definition) is 4. The second kappa shape index (κ2) is 7.92. The van der Waals surface area contributed by atoms with Gasteiger partial charge in [-0.15, -0.1) is 0 Å². The number of benzene rings is 1. The number of rotatable bonds is 7. The highest BCUT2D eigenvalue weighted by atomic mass is 35.5. The number of nitrogens with two attached hydrogens (primary N) is 1. The number of carbonyl (C=O) groups excluding carboxylic acids is 1. The predicted octanol–water partition coefficient (Wildman–Crippen LogP) is 0.940. The minimum atomic E-state index is -0.204. The molecule has 0 saturated heterocycles. The van der Waals surface area contributed by atoms with Crippen molar-refractivity contribution >= 4 is 17.5 Å². The van der Waals surface area contributed by atoms with Crippen LogP contribution in [0.1, 0.15) is 5.56 Å². The van der Waals surface area contributed by atoms with Crippen molar-refractivity contribution in [2.24, 2.45) is 5.73 Å². The number of hydrogen-bond donors (Lipinski definition) is 2. The van der Waals surface area contributed by atoms with E-state index in [2.05, 4.69) is 5.32 Å². The van der Waals surface area contributed by atoms with Crippen LogP contribution in [0.4, 0.5) is 0 Å². The molecule has 1 aromatic rings. The summed E-state index contributed by atoms with van der Waals surface area (Å²) in [4.78, 5) is 11.4. The van der Waals surface area contributed by atoms with E-state index in [1.54, 1.807) is 25.3 Å². The smallest absolute Gasteiger partial charge is 0.258 e. The van der Waals surface area contributed by atoms with Crippen LogP contribution in [0.3, 0.4) is 0 Å². The van der Waals surface area contributed by atoms with Crippen molar-refractivity contribution in [1.82, 2.24) is 5.32 Å². The third-order valence-electron chi connectivity index (χ3n) is 2.23. The van der Waals surface area contributed by atoms with Gasteiger partial charge in [-0.2, -0.15) is 0 Å². The Morgan fingerprint density at radius 1 is 1.50 bits per heavy atom. The number of halogens is 1. The van der Waals surface area contributed by atoms with E-state index in [1.165, 1.54) is 0 Å². The Hall–Kier alpha value is -1.30. The van der Waals surface area contributed by atoms with E-state index in [0.29, 0.717) is 30.5 Å². The second-order valence-electron chi connectivity index (χ2n) is 3.59. The highest BCUT2D eigenvalue weighted by Crippen LogP contribution is 2.22. The molecule has 1 rings (SSSR count). The number of carbonyl (C=O) groups is 1. The first kappa shape index (κ1) is 14.8. The molecule has 5 nitrogen and oxygen atoms in total. The molecule has 18 heavy (non-hydrogen) atoms. The number of nitrogens with one attached hydrogen (secondary N) is 1. The van der Waals surface area contributed by atoms with Gasteiger partial charge in [0.2, 0.25) is 0 Å². The summed E-state index contributed by atoms with van der Waals surface area (Å²) < 4.78 is 10.2. The minimum Gasteiger partial charge on any atom is -0.483 e. The summed E-state index contributed by atoms with van der Waals surface area (Å²) in [7, 11) is 1.57. The van der Waals surface area contributed by atoms with E-state index in [9.17, 15) is 4.79 Å². The summed E-state index contributed by atoms with van der Waals surface area (Å²) in [6.45, 7) is 1.18. The topological polar surface area (TPSA) is 73.6 Å². The van der Waals surface area contributed by atoms with Gasteiger partial charge in [-0.3, -0.25) is 4.79 Å². The molecule has 0 bridgehead atoms. The lowest BCUT2D eigenvalue weighted by Gasteiger charge is -2.10. The zero-order valence-corrected chi connectivity index (χ0v) is 11.0. The van der Waals surface area contributed by atoms with E-state index < -0.39 is 0 Å². The first-order chi connectivity index (χ1) is 8.67. The van der Waals surface area contributed by atoms with Crippen molar-refractivity contribution in [3.63, 3.8) is 0 Å². The number of amides is 1. The third kappa shape index (κ3) is 4.91. The highest BCUT2D eigenvalue weighted by molar-refractivity contribution is 6.30. The van der Waals surface area contributed by atoms with E-state index in [0.717, 1.165) is 5.56 Å². The molecule has 1 amide bonds. The first-order valence-electron chi connectivity index (χ1n) is 5.54. The van der Waals surface area contributed by atoms with Gasteiger partial charge in [-0.25, -0.2) is 0 Å². The molecule has 0 spiro atoms. The standard InChI is InChI=1S/C12H17ClN2O3/c1-17-5-4-15-12(16)8-18-11-3-2-10(13)6-9(11)7-14/h2-3,6H,4-5,7-8,14H2,1H3,(H,15,16). The summed E-state index contributed by atoms with van der Waals surface area (Å²) >= 11 is 5.84. The van der Waals surface area contributed by atoms with Gasteiger partial charge in [0.05, 0.1) is 6.61 Å². The van der Waals surface area contributed by atoms with E-state index in [-0.39, 0.29) is 12.5 Å². The Morgan fingerprint density at radius 3 is 2.94 bits per heavy atom. The van der Waals surface area contributed by atoms with E-state index in [1.807, 2.05) is 0 Å². The molecule has 0 unspecified atom stereocenters. The fraction of sp³-hybridized carbons (Fsp3) is 0.417. The van der Waals surface area contributed by atoms with Crippen LogP contribution < -0.4 is 15.8 Å². The van der Waals surface area contributed by atoms with E-state index >= 15 is 0 Å². The average Bonchev–Trinajstić information content (AvgIpc) is 2.37. The van der Waals surface area contributed by atoms with Gasteiger partial charge >= 0.3 is 0 Å². The Balaban J connectivity index is 2.45. The van der Waals surface area contributed by atoms with Crippen molar-refractivity contribution in [3.05, 3.63) is 28.8 Å². The van der Waals surface area contributed by atoms with Gasteiger partial charge in [-0.1, -0.05) is 11.6 Å². The monoisotopic (exact) mass is 272 g/mol. The quantitative estimate of drug-likeness (QED) is 0.725. The molecule has 0 aliphatic rings. The predicted molar refractivity (Wildman–Crippen MR) is 69.7 cm³/mol. The van der Waals surface area contributed by atoms with Crippen molar-refractivity contribution < 1.29 is 14.3 Å². The molecular weight excluding hydrogens is 256 g/mol. The van der Waals surface area contributed by atoms with Crippen LogP contribution in [0.15, 0.2) is 18.2 Å². The van der Waals surface area contributed by atoms with Crippen molar-refractivity contribution in [1.29, 1.82) is 0 Å². The SMILES string of the molecule is COCCNC(=O)COc1ccc(Cl)cc1CN. The lowest BCUT2D eigenvalue weighted by atomic mass is 10.2. The molecule has 0 aliphatic heterocycles.